The summed E-state index contributed by atoms with van der Waals surface area (Å²) in [6, 6.07) is 23.6. The fourth-order valence-corrected chi connectivity index (χ4v) is 5.66. The summed E-state index contributed by atoms with van der Waals surface area (Å²) in [6.07, 6.45) is 0.628. The van der Waals surface area contributed by atoms with Crippen molar-refractivity contribution in [1.82, 2.24) is 0 Å². The van der Waals surface area contributed by atoms with Crippen molar-refractivity contribution >= 4 is 52.4 Å². The van der Waals surface area contributed by atoms with E-state index >= 15 is 0 Å². The molecule has 2 N–H and O–H groups in total. The van der Waals surface area contributed by atoms with Crippen molar-refractivity contribution in [3.63, 3.8) is 0 Å². The Hall–Kier alpha value is -4.43. The Morgan fingerprint density at radius 2 is 1.17 bits per heavy atom. The van der Waals surface area contributed by atoms with E-state index in [1.165, 1.54) is 23.5 Å². The highest BCUT2D eigenvalue weighted by Gasteiger charge is 2.17. The number of amides is 2. The van der Waals surface area contributed by atoms with Gasteiger partial charge in [-0.05, 0) is 74.5 Å². The Bertz CT molecular complexity index is 1480. The quantitative estimate of drug-likeness (QED) is 0.164. The number of carbonyl (C=O) groups excluding carboxylic acids is 2. The highest BCUT2D eigenvalue weighted by molar-refractivity contribution is 8.00. The third-order valence-electron chi connectivity index (χ3n) is 6.06. The number of nitrogens with zero attached hydrogens (tertiary/aromatic N) is 4. The first-order valence-electron chi connectivity index (χ1n) is 13.1. The Kier molecular flexibility index (Phi) is 12.1. The van der Waals surface area contributed by atoms with Crippen LogP contribution in [0, 0.1) is 34.0 Å². The van der Waals surface area contributed by atoms with E-state index in [4.69, 9.17) is 15.8 Å². The molecule has 8 nitrogen and oxygen atoms in total. The minimum absolute atomic E-state index is 0.277. The summed E-state index contributed by atoms with van der Waals surface area (Å²) in [4.78, 5) is 29.9. The van der Waals surface area contributed by atoms with Crippen LogP contribution in [0.15, 0.2) is 70.5 Å². The van der Waals surface area contributed by atoms with Crippen molar-refractivity contribution < 1.29 is 9.59 Å². The van der Waals surface area contributed by atoms with Gasteiger partial charge in [0.05, 0.1) is 35.1 Å². The van der Waals surface area contributed by atoms with Gasteiger partial charge < -0.3 is 15.5 Å². The molecule has 0 spiro atoms. The lowest BCUT2D eigenvalue weighted by molar-refractivity contribution is 0.101. The first-order chi connectivity index (χ1) is 19.9. The summed E-state index contributed by atoms with van der Waals surface area (Å²) in [5, 5.41) is 33.1. The molecule has 0 saturated carbocycles. The second-order valence-electron chi connectivity index (χ2n) is 8.67. The van der Waals surface area contributed by atoms with Gasteiger partial charge in [-0.15, -0.1) is 23.5 Å². The van der Waals surface area contributed by atoms with Crippen molar-refractivity contribution in [2.45, 2.75) is 36.5 Å². The van der Waals surface area contributed by atoms with E-state index in [9.17, 15) is 9.59 Å². The molecule has 0 fully saturated rings. The fraction of sp³-hybridized carbons (Fsp3) is 0.258. The van der Waals surface area contributed by atoms with Gasteiger partial charge in [0.2, 0.25) is 0 Å². The van der Waals surface area contributed by atoms with Gasteiger partial charge in [0.15, 0.2) is 0 Å². The van der Waals surface area contributed by atoms with E-state index < -0.39 is 0 Å². The van der Waals surface area contributed by atoms with E-state index in [-0.39, 0.29) is 11.8 Å². The predicted octanol–water partition coefficient (Wildman–Crippen LogP) is 6.92. The second kappa shape index (κ2) is 16.0. The van der Waals surface area contributed by atoms with Crippen molar-refractivity contribution in [2.24, 2.45) is 0 Å². The zero-order valence-electron chi connectivity index (χ0n) is 22.9. The van der Waals surface area contributed by atoms with Crippen LogP contribution in [0.1, 0.15) is 53.0 Å². The Morgan fingerprint density at radius 3 is 1.56 bits per heavy atom. The lowest BCUT2D eigenvalue weighted by Gasteiger charge is -2.21. The highest BCUT2D eigenvalue weighted by atomic mass is 32.2. The van der Waals surface area contributed by atoms with Crippen molar-refractivity contribution in [3.8, 4) is 18.2 Å². The maximum Gasteiger partial charge on any atom is 0.255 e. The molecule has 10 heteroatoms. The van der Waals surface area contributed by atoms with Gasteiger partial charge in [-0.2, -0.15) is 15.8 Å². The number of carbonyl (C=O) groups is 2. The molecule has 0 atom stereocenters. The van der Waals surface area contributed by atoms with Gasteiger partial charge in [-0.1, -0.05) is 0 Å². The minimum atomic E-state index is -0.352. The largest absolute Gasteiger partial charge is 0.372 e. The lowest BCUT2D eigenvalue weighted by Crippen LogP contribution is -2.22. The average molecular weight is 583 g/mol. The molecule has 0 radical (unpaired) electrons. The van der Waals surface area contributed by atoms with Crippen LogP contribution in [0.4, 0.5) is 17.1 Å². The van der Waals surface area contributed by atoms with Crippen molar-refractivity contribution in [3.05, 3.63) is 77.4 Å². The fourth-order valence-electron chi connectivity index (χ4n) is 3.90. The smallest absolute Gasteiger partial charge is 0.255 e. The van der Waals surface area contributed by atoms with Crippen LogP contribution in [0.3, 0.4) is 0 Å². The van der Waals surface area contributed by atoms with Gasteiger partial charge >= 0.3 is 0 Å². The number of benzene rings is 3. The van der Waals surface area contributed by atoms with E-state index in [2.05, 4.69) is 41.5 Å². The third-order valence-corrected chi connectivity index (χ3v) is 8.17. The maximum absolute atomic E-state index is 13.3. The average Bonchev–Trinajstić information content (AvgIpc) is 3.00. The zero-order chi connectivity index (χ0) is 29.6. The number of hydrogen-bond acceptors (Lipinski definition) is 8. The maximum atomic E-state index is 13.3. The van der Waals surface area contributed by atoms with Crippen LogP contribution in [-0.4, -0.2) is 36.4 Å². The third kappa shape index (κ3) is 8.78. The molecule has 0 unspecified atom stereocenters. The molecule has 0 aromatic heterocycles. The van der Waals surface area contributed by atoms with Crippen molar-refractivity contribution in [1.29, 1.82) is 15.8 Å². The van der Waals surface area contributed by atoms with Crippen LogP contribution < -0.4 is 15.5 Å². The molecule has 3 aromatic carbocycles. The molecule has 0 saturated heterocycles. The summed E-state index contributed by atoms with van der Waals surface area (Å²) in [5.74, 6) is 0.370. The summed E-state index contributed by atoms with van der Waals surface area (Å²) in [5.41, 5.74) is 3.47. The van der Waals surface area contributed by atoms with Gasteiger partial charge in [0.1, 0.15) is 0 Å². The Balaban J connectivity index is 1.94. The van der Waals surface area contributed by atoms with E-state index in [0.29, 0.717) is 62.2 Å². The summed E-state index contributed by atoms with van der Waals surface area (Å²) >= 11 is 2.81. The monoisotopic (exact) mass is 582 g/mol. The summed E-state index contributed by atoms with van der Waals surface area (Å²) in [7, 11) is 0. The van der Waals surface area contributed by atoms with Crippen LogP contribution in [0.2, 0.25) is 0 Å². The summed E-state index contributed by atoms with van der Waals surface area (Å²) in [6.45, 7) is 5.90. The molecule has 0 bridgehead atoms. The highest BCUT2D eigenvalue weighted by Crippen LogP contribution is 2.38. The normalized spacial score (nSPS) is 10.1. The molecular weight excluding hydrogens is 553 g/mol. The number of hydrogen-bond donors (Lipinski definition) is 2. The predicted molar refractivity (Wildman–Crippen MR) is 165 cm³/mol. The molecule has 3 aromatic rings. The minimum Gasteiger partial charge on any atom is -0.372 e. The van der Waals surface area contributed by atoms with E-state index in [1.807, 2.05) is 18.2 Å². The molecular formula is C31H30N6O2S2. The number of nitriles is 3. The van der Waals surface area contributed by atoms with Gasteiger partial charge in [0.25, 0.3) is 11.8 Å². The number of rotatable bonds is 13. The topological polar surface area (TPSA) is 133 Å². The number of nitrogens with one attached hydrogen (secondary N) is 2. The van der Waals surface area contributed by atoms with Crippen LogP contribution >= 0.6 is 23.5 Å². The summed E-state index contributed by atoms with van der Waals surface area (Å²) < 4.78 is 0. The second-order valence-corrected chi connectivity index (χ2v) is 10.9. The first kappa shape index (κ1) is 31.1. The standard InChI is InChI=1S/C31H30N6O2S2/c1-3-37(4-2)25-13-11-24(12-14-25)31(39)36-27-20-28(40-17-5-15-32)26(19-29(27)41-18-6-16-33)35-30(38)23-9-7-22(21-34)8-10-23/h7-14,19-20H,3-6,17-18H2,1-2H3,(H,35,38)(H,36,39). The van der Waals surface area contributed by atoms with E-state index in [1.54, 1.807) is 48.5 Å². The lowest BCUT2D eigenvalue weighted by atomic mass is 10.1. The molecule has 0 aliphatic carbocycles. The molecule has 208 valence electrons. The SMILES string of the molecule is CCN(CC)c1ccc(C(=O)Nc2cc(SCCC#N)c(NC(=O)c3ccc(C#N)cc3)cc2SCCC#N)cc1. The molecule has 0 aliphatic heterocycles. The first-order valence-corrected chi connectivity index (χ1v) is 15.1. The van der Waals surface area contributed by atoms with Crippen LogP contribution in [0.5, 0.6) is 0 Å². The number of anilines is 3. The molecule has 2 amide bonds. The molecule has 3 rings (SSSR count). The van der Waals surface area contributed by atoms with Gasteiger partial charge in [0, 0.05) is 64.0 Å². The van der Waals surface area contributed by atoms with Gasteiger partial charge in [-0.3, -0.25) is 9.59 Å². The number of thioether (sulfide) groups is 2. The van der Waals surface area contributed by atoms with E-state index in [0.717, 1.165) is 18.8 Å². The van der Waals surface area contributed by atoms with Crippen LogP contribution in [0.25, 0.3) is 0 Å². The Labute approximate surface area is 249 Å². The molecule has 41 heavy (non-hydrogen) atoms. The zero-order valence-corrected chi connectivity index (χ0v) is 24.6. The Morgan fingerprint density at radius 1 is 0.732 bits per heavy atom. The van der Waals surface area contributed by atoms with Gasteiger partial charge in [-0.25, -0.2) is 0 Å². The van der Waals surface area contributed by atoms with Crippen molar-refractivity contribution in [2.75, 3.05) is 40.1 Å². The molecule has 0 heterocycles. The van der Waals surface area contributed by atoms with Crippen LogP contribution in [-0.2, 0) is 0 Å². The molecule has 0 aliphatic rings.